The molecule has 6 nitrogen and oxygen atoms in total. The van der Waals surface area contributed by atoms with E-state index < -0.39 is 17.3 Å². The van der Waals surface area contributed by atoms with E-state index in [-0.39, 0.29) is 17.2 Å². The number of anilines is 1. The molecule has 1 heterocycles. The normalized spacial score (nSPS) is 11.4. The summed E-state index contributed by atoms with van der Waals surface area (Å²) in [5.41, 5.74) is 3.81. The van der Waals surface area contributed by atoms with Crippen LogP contribution in [0.3, 0.4) is 0 Å². The van der Waals surface area contributed by atoms with Crippen LogP contribution in [0.25, 0.3) is 22.4 Å². The van der Waals surface area contributed by atoms with Crippen molar-refractivity contribution in [1.29, 1.82) is 5.26 Å². The number of alkyl halides is 3. The first-order valence-corrected chi connectivity index (χ1v) is 10.0. The van der Waals surface area contributed by atoms with Gasteiger partial charge in [0.15, 0.2) is 0 Å². The number of aromatic amines is 1. The third kappa shape index (κ3) is 5.02. The number of hydrazone groups is 1. The van der Waals surface area contributed by atoms with Crippen molar-refractivity contribution in [2.75, 3.05) is 5.43 Å². The van der Waals surface area contributed by atoms with Gasteiger partial charge in [0.25, 0.3) is 5.56 Å². The van der Waals surface area contributed by atoms with Gasteiger partial charge in [0, 0.05) is 5.56 Å². The highest BCUT2D eigenvalue weighted by molar-refractivity contribution is 5.81. The number of hydrogen-bond acceptors (Lipinski definition) is 5. The molecule has 0 aliphatic heterocycles. The van der Waals surface area contributed by atoms with Crippen LogP contribution in [0.5, 0.6) is 0 Å². The highest BCUT2D eigenvalue weighted by Crippen LogP contribution is 2.32. The molecule has 0 saturated heterocycles. The number of rotatable bonds is 5. The second kappa shape index (κ2) is 9.42. The zero-order chi connectivity index (χ0) is 24.1. The van der Waals surface area contributed by atoms with Crippen LogP contribution in [0.4, 0.5) is 19.1 Å². The Hall–Kier alpha value is -4.71. The van der Waals surface area contributed by atoms with Crippen LogP contribution in [-0.4, -0.2) is 16.2 Å². The van der Waals surface area contributed by atoms with Crippen LogP contribution in [-0.2, 0) is 6.18 Å². The molecule has 0 bridgehead atoms. The van der Waals surface area contributed by atoms with E-state index in [4.69, 9.17) is 0 Å². The Balaban J connectivity index is 1.52. The highest BCUT2D eigenvalue weighted by Gasteiger charge is 2.30. The molecule has 0 amide bonds. The van der Waals surface area contributed by atoms with Gasteiger partial charge in [0.2, 0.25) is 5.95 Å². The Morgan fingerprint density at radius 2 is 1.65 bits per heavy atom. The molecule has 0 aliphatic rings. The predicted octanol–water partition coefficient (Wildman–Crippen LogP) is 5.44. The number of halogens is 3. The monoisotopic (exact) mass is 459 g/mol. The van der Waals surface area contributed by atoms with Crippen LogP contribution >= 0.6 is 0 Å². The van der Waals surface area contributed by atoms with E-state index in [1.54, 1.807) is 54.6 Å². The van der Waals surface area contributed by atoms with Gasteiger partial charge in [-0.25, -0.2) is 10.4 Å². The molecular formula is C25H16F3N5O. The molecule has 4 aromatic rings. The van der Waals surface area contributed by atoms with Gasteiger partial charge in [-0.1, -0.05) is 66.7 Å². The second-order valence-electron chi connectivity index (χ2n) is 7.19. The van der Waals surface area contributed by atoms with Crippen molar-refractivity contribution in [3.05, 3.63) is 106 Å². The lowest BCUT2D eigenvalue weighted by atomic mass is 10.0. The Bertz CT molecular complexity index is 1440. The molecule has 1 aromatic heterocycles. The van der Waals surface area contributed by atoms with Gasteiger partial charge in [-0.05, 0) is 28.8 Å². The Morgan fingerprint density at radius 1 is 0.941 bits per heavy atom. The third-order valence-corrected chi connectivity index (χ3v) is 4.90. The van der Waals surface area contributed by atoms with E-state index in [1.165, 1.54) is 12.3 Å². The quantitative estimate of drug-likeness (QED) is 0.307. The third-order valence-electron chi connectivity index (χ3n) is 4.90. The summed E-state index contributed by atoms with van der Waals surface area (Å²) in [5, 5.41) is 13.4. The number of aromatic nitrogens is 2. The Labute approximate surface area is 192 Å². The molecule has 3 aromatic carbocycles. The molecule has 0 unspecified atom stereocenters. The summed E-state index contributed by atoms with van der Waals surface area (Å²) in [6.07, 6.45) is -2.94. The largest absolute Gasteiger partial charge is 0.416 e. The second-order valence-corrected chi connectivity index (χ2v) is 7.19. The van der Waals surface area contributed by atoms with Crippen LogP contribution < -0.4 is 11.0 Å². The van der Waals surface area contributed by atoms with Gasteiger partial charge in [-0.3, -0.25) is 9.78 Å². The molecule has 0 atom stereocenters. The van der Waals surface area contributed by atoms with Gasteiger partial charge < -0.3 is 0 Å². The summed E-state index contributed by atoms with van der Waals surface area (Å²) >= 11 is 0. The zero-order valence-corrected chi connectivity index (χ0v) is 17.5. The maximum absolute atomic E-state index is 12.9. The molecular weight excluding hydrogens is 443 g/mol. The van der Waals surface area contributed by atoms with Crippen molar-refractivity contribution in [1.82, 2.24) is 9.97 Å². The minimum Gasteiger partial charge on any atom is -0.290 e. The molecule has 0 saturated carbocycles. The van der Waals surface area contributed by atoms with Crippen LogP contribution in [0.2, 0.25) is 0 Å². The van der Waals surface area contributed by atoms with E-state index in [2.05, 4.69) is 20.5 Å². The standard InChI is InChI=1S/C25H16F3N5O/c26-25(27,28)20-8-4-7-19(13-20)17-11-9-16(10-12-17)15-30-33-24-31-22(18-5-2-1-3-6-18)21(14-29)23(34)32-24/h1-13,15H,(H2,31,32,33,34). The average molecular weight is 459 g/mol. The maximum atomic E-state index is 12.9. The summed E-state index contributed by atoms with van der Waals surface area (Å²) in [6.45, 7) is 0. The lowest BCUT2D eigenvalue weighted by molar-refractivity contribution is -0.137. The van der Waals surface area contributed by atoms with Crippen molar-refractivity contribution in [2.45, 2.75) is 6.18 Å². The summed E-state index contributed by atoms with van der Waals surface area (Å²) < 4.78 is 38.8. The molecule has 2 N–H and O–H groups in total. The van der Waals surface area contributed by atoms with Crippen molar-refractivity contribution in [2.24, 2.45) is 5.10 Å². The van der Waals surface area contributed by atoms with Crippen LogP contribution in [0.1, 0.15) is 16.7 Å². The van der Waals surface area contributed by atoms with Crippen molar-refractivity contribution >= 4 is 12.2 Å². The first-order valence-electron chi connectivity index (χ1n) is 10.0. The zero-order valence-electron chi connectivity index (χ0n) is 17.5. The lowest BCUT2D eigenvalue weighted by Crippen LogP contribution is -2.16. The van der Waals surface area contributed by atoms with Gasteiger partial charge in [0.1, 0.15) is 11.6 Å². The first-order chi connectivity index (χ1) is 16.3. The average Bonchev–Trinajstić information content (AvgIpc) is 2.84. The molecule has 4 rings (SSSR count). The maximum Gasteiger partial charge on any atom is 0.416 e. The summed E-state index contributed by atoms with van der Waals surface area (Å²) in [5.74, 6) is 0.0553. The minimum absolute atomic E-state index is 0.0553. The number of benzene rings is 3. The van der Waals surface area contributed by atoms with Gasteiger partial charge in [0.05, 0.1) is 17.5 Å². The lowest BCUT2D eigenvalue weighted by Gasteiger charge is -2.09. The number of nitriles is 1. The fraction of sp³-hybridized carbons (Fsp3) is 0.0400. The SMILES string of the molecule is N#Cc1c(-c2ccccc2)nc(NN=Cc2ccc(-c3cccc(C(F)(F)F)c3)cc2)[nH]c1=O. The molecule has 9 heteroatoms. The van der Waals surface area contributed by atoms with E-state index in [0.717, 1.165) is 12.1 Å². The van der Waals surface area contributed by atoms with Crippen LogP contribution in [0, 0.1) is 11.3 Å². The molecule has 0 aliphatic carbocycles. The van der Waals surface area contributed by atoms with E-state index in [9.17, 15) is 23.2 Å². The molecule has 0 spiro atoms. The fourth-order valence-electron chi connectivity index (χ4n) is 3.24. The highest BCUT2D eigenvalue weighted by atomic mass is 19.4. The molecule has 0 fully saturated rings. The number of H-pyrrole nitrogens is 1. The van der Waals surface area contributed by atoms with Crippen molar-refractivity contribution in [3.63, 3.8) is 0 Å². The number of nitrogens with one attached hydrogen (secondary N) is 2. The van der Waals surface area contributed by atoms with Crippen LogP contribution in [0.15, 0.2) is 88.8 Å². The van der Waals surface area contributed by atoms with E-state index in [1.807, 2.05) is 12.1 Å². The summed E-state index contributed by atoms with van der Waals surface area (Å²) in [4.78, 5) is 19.0. The summed E-state index contributed by atoms with van der Waals surface area (Å²) in [7, 11) is 0. The predicted molar refractivity (Wildman–Crippen MR) is 123 cm³/mol. The van der Waals surface area contributed by atoms with E-state index in [0.29, 0.717) is 22.3 Å². The van der Waals surface area contributed by atoms with Gasteiger partial charge in [-0.15, -0.1) is 0 Å². The molecule has 0 radical (unpaired) electrons. The van der Waals surface area contributed by atoms with E-state index >= 15 is 0 Å². The topological polar surface area (TPSA) is 93.9 Å². The van der Waals surface area contributed by atoms with Gasteiger partial charge >= 0.3 is 6.18 Å². The van der Waals surface area contributed by atoms with Crippen molar-refractivity contribution in [3.8, 4) is 28.5 Å². The fourth-order valence-corrected chi connectivity index (χ4v) is 3.24. The Morgan fingerprint density at radius 3 is 2.32 bits per heavy atom. The molecule has 34 heavy (non-hydrogen) atoms. The Kier molecular flexibility index (Phi) is 6.23. The number of hydrogen-bond donors (Lipinski definition) is 2. The van der Waals surface area contributed by atoms with Gasteiger partial charge in [-0.2, -0.15) is 23.5 Å². The number of nitrogens with zero attached hydrogens (tertiary/aromatic N) is 3. The summed E-state index contributed by atoms with van der Waals surface area (Å²) in [6, 6.07) is 22.6. The first kappa shape index (κ1) is 22.5. The smallest absolute Gasteiger partial charge is 0.290 e. The molecule has 168 valence electrons. The minimum atomic E-state index is -4.41. The van der Waals surface area contributed by atoms with Crippen molar-refractivity contribution < 1.29 is 13.2 Å².